The molecule has 18 heavy (non-hydrogen) atoms. The zero-order valence-electron chi connectivity index (χ0n) is 10.4. The van der Waals surface area contributed by atoms with E-state index in [1.807, 2.05) is 13.8 Å². The van der Waals surface area contributed by atoms with Crippen LogP contribution in [0.4, 0.5) is 11.5 Å². The third kappa shape index (κ3) is 2.01. The Morgan fingerprint density at radius 3 is 2.94 bits per heavy atom. The molecule has 3 N–H and O–H groups in total. The summed E-state index contributed by atoms with van der Waals surface area (Å²) in [4.78, 5) is 29.1. The van der Waals surface area contributed by atoms with Crippen LogP contribution in [0.5, 0.6) is 0 Å². The molecule has 0 bridgehead atoms. The van der Waals surface area contributed by atoms with E-state index in [2.05, 4.69) is 10.3 Å². The maximum atomic E-state index is 11.8. The number of aryl methyl sites for hydroxylation is 1. The van der Waals surface area contributed by atoms with Gasteiger partial charge in [-0.15, -0.1) is 0 Å². The van der Waals surface area contributed by atoms with Gasteiger partial charge in [-0.3, -0.25) is 14.9 Å². The number of rotatable bonds is 2. The molecule has 1 unspecified atom stereocenters. The van der Waals surface area contributed by atoms with E-state index in [0.29, 0.717) is 17.9 Å². The smallest absolute Gasteiger partial charge is 0.249 e. The largest absolute Gasteiger partial charge is 0.396 e. The topological polar surface area (TPSA) is 88.3 Å². The Kier molecular flexibility index (Phi) is 3.18. The fourth-order valence-corrected chi connectivity index (χ4v) is 2.08. The first-order valence-electron chi connectivity index (χ1n) is 5.86. The number of piperazine rings is 1. The van der Waals surface area contributed by atoms with Crippen LogP contribution in [-0.2, 0) is 9.59 Å². The molecule has 2 rings (SSSR count). The molecule has 96 valence electrons. The molecule has 0 spiro atoms. The Hall–Kier alpha value is -2.11. The van der Waals surface area contributed by atoms with Crippen molar-refractivity contribution in [3.63, 3.8) is 0 Å². The normalized spacial score (nSPS) is 19.9. The van der Waals surface area contributed by atoms with Crippen LogP contribution in [0.15, 0.2) is 12.3 Å². The summed E-state index contributed by atoms with van der Waals surface area (Å²) in [7, 11) is 0. The van der Waals surface area contributed by atoms with Crippen molar-refractivity contribution in [3.8, 4) is 0 Å². The average Bonchev–Trinajstić information content (AvgIpc) is 2.32. The van der Waals surface area contributed by atoms with E-state index in [9.17, 15) is 9.59 Å². The first-order chi connectivity index (χ1) is 8.54. The third-order valence-corrected chi connectivity index (χ3v) is 3.10. The summed E-state index contributed by atoms with van der Waals surface area (Å²) in [6.07, 6.45) is 2.22. The van der Waals surface area contributed by atoms with Crippen LogP contribution in [0, 0.1) is 6.92 Å². The molecule has 0 saturated carbocycles. The second kappa shape index (κ2) is 4.64. The number of nitrogens with two attached hydrogens (primary N) is 1. The molecule has 1 aliphatic heterocycles. The molecule has 1 atom stereocenters. The van der Waals surface area contributed by atoms with E-state index >= 15 is 0 Å². The standard InChI is InChI=1S/C12H16N4O2/c1-3-8-12(18)15-9(17)6-16(8)11-10(13)7(2)4-5-14-11/h4-5,8H,3,6,13H2,1-2H3,(H,15,17,18). The predicted octanol–water partition coefficient (Wildman–Crippen LogP) is 0.214. The highest BCUT2D eigenvalue weighted by molar-refractivity contribution is 6.04. The number of carbonyl (C=O) groups is 2. The molecule has 2 amide bonds. The number of nitrogen functional groups attached to an aromatic ring is 1. The Morgan fingerprint density at radius 2 is 2.28 bits per heavy atom. The summed E-state index contributed by atoms with van der Waals surface area (Å²) in [5.41, 5.74) is 7.37. The Morgan fingerprint density at radius 1 is 1.56 bits per heavy atom. The lowest BCUT2D eigenvalue weighted by Crippen LogP contribution is -2.58. The van der Waals surface area contributed by atoms with Gasteiger partial charge in [0, 0.05) is 6.20 Å². The molecular weight excluding hydrogens is 232 g/mol. The Balaban J connectivity index is 2.43. The number of nitrogens with one attached hydrogen (secondary N) is 1. The monoisotopic (exact) mass is 248 g/mol. The number of amides is 2. The maximum Gasteiger partial charge on any atom is 0.249 e. The van der Waals surface area contributed by atoms with Gasteiger partial charge in [0.1, 0.15) is 6.04 Å². The Bertz CT molecular complexity index is 501. The van der Waals surface area contributed by atoms with Crippen molar-refractivity contribution < 1.29 is 9.59 Å². The minimum Gasteiger partial charge on any atom is -0.396 e. The molecule has 1 aromatic rings. The van der Waals surface area contributed by atoms with Gasteiger partial charge in [-0.25, -0.2) is 4.98 Å². The van der Waals surface area contributed by atoms with Crippen LogP contribution in [-0.4, -0.2) is 29.4 Å². The molecule has 0 radical (unpaired) electrons. The highest BCUT2D eigenvalue weighted by Gasteiger charge is 2.34. The lowest BCUT2D eigenvalue weighted by Gasteiger charge is -2.35. The van der Waals surface area contributed by atoms with E-state index in [1.54, 1.807) is 17.2 Å². The predicted molar refractivity (Wildman–Crippen MR) is 68.0 cm³/mol. The van der Waals surface area contributed by atoms with E-state index < -0.39 is 6.04 Å². The molecule has 1 fully saturated rings. The SMILES string of the molecule is CCC1C(=O)NC(=O)CN1c1nccc(C)c1N. The molecule has 1 aromatic heterocycles. The second-order valence-corrected chi connectivity index (χ2v) is 4.33. The number of hydrogen-bond acceptors (Lipinski definition) is 5. The number of nitrogens with zero attached hydrogens (tertiary/aromatic N) is 2. The number of hydrogen-bond donors (Lipinski definition) is 2. The van der Waals surface area contributed by atoms with Crippen LogP contribution >= 0.6 is 0 Å². The number of carbonyl (C=O) groups excluding carboxylic acids is 2. The van der Waals surface area contributed by atoms with Crippen molar-refractivity contribution in [2.75, 3.05) is 17.2 Å². The molecule has 1 aliphatic rings. The fraction of sp³-hybridized carbons (Fsp3) is 0.417. The summed E-state index contributed by atoms with van der Waals surface area (Å²) < 4.78 is 0. The van der Waals surface area contributed by atoms with Crippen LogP contribution in [0.25, 0.3) is 0 Å². The Labute approximate surface area is 105 Å². The molecule has 0 aliphatic carbocycles. The molecule has 0 aromatic carbocycles. The first kappa shape index (κ1) is 12.3. The van der Waals surface area contributed by atoms with Crippen molar-refractivity contribution in [1.82, 2.24) is 10.3 Å². The molecule has 6 nitrogen and oxygen atoms in total. The quantitative estimate of drug-likeness (QED) is 0.731. The second-order valence-electron chi connectivity index (χ2n) is 4.33. The van der Waals surface area contributed by atoms with Crippen molar-refractivity contribution in [2.24, 2.45) is 0 Å². The van der Waals surface area contributed by atoms with Crippen LogP contribution in [0.3, 0.4) is 0 Å². The van der Waals surface area contributed by atoms with E-state index in [4.69, 9.17) is 5.73 Å². The number of pyridine rings is 1. The van der Waals surface area contributed by atoms with Crippen LogP contribution < -0.4 is 16.0 Å². The van der Waals surface area contributed by atoms with Gasteiger partial charge in [-0.1, -0.05) is 6.92 Å². The van der Waals surface area contributed by atoms with Crippen molar-refractivity contribution in [1.29, 1.82) is 0 Å². The van der Waals surface area contributed by atoms with Gasteiger partial charge in [-0.2, -0.15) is 0 Å². The summed E-state index contributed by atoms with van der Waals surface area (Å²) in [5, 5.41) is 2.33. The lowest BCUT2D eigenvalue weighted by molar-refractivity contribution is -0.132. The molecule has 6 heteroatoms. The van der Waals surface area contributed by atoms with Crippen molar-refractivity contribution in [2.45, 2.75) is 26.3 Å². The van der Waals surface area contributed by atoms with E-state index in [0.717, 1.165) is 5.56 Å². The highest BCUT2D eigenvalue weighted by Crippen LogP contribution is 2.26. The molecular formula is C12H16N4O2. The van der Waals surface area contributed by atoms with Crippen molar-refractivity contribution in [3.05, 3.63) is 17.8 Å². The van der Waals surface area contributed by atoms with Crippen LogP contribution in [0.1, 0.15) is 18.9 Å². The van der Waals surface area contributed by atoms with Gasteiger partial charge in [0.25, 0.3) is 0 Å². The average molecular weight is 248 g/mol. The fourth-order valence-electron chi connectivity index (χ4n) is 2.08. The zero-order chi connectivity index (χ0) is 13.3. The lowest BCUT2D eigenvalue weighted by atomic mass is 10.1. The molecule has 1 saturated heterocycles. The zero-order valence-corrected chi connectivity index (χ0v) is 10.4. The van der Waals surface area contributed by atoms with Gasteiger partial charge in [-0.05, 0) is 25.0 Å². The number of aromatic nitrogens is 1. The minimum absolute atomic E-state index is 0.102. The van der Waals surface area contributed by atoms with Gasteiger partial charge in [0.15, 0.2) is 5.82 Å². The number of imide groups is 1. The molecule has 2 heterocycles. The van der Waals surface area contributed by atoms with Crippen molar-refractivity contribution >= 4 is 23.3 Å². The van der Waals surface area contributed by atoms with Gasteiger partial charge < -0.3 is 10.6 Å². The minimum atomic E-state index is -0.403. The summed E-state index contributed by atoms with van der Waals surface area (Å²) >= 11 is 0. The van der Waals surface area contributed by atoms with Gasteiger partial charge >= 0.3 is 0 Å². The summed E-state index contributed by atoms with van der Waals surface area (Å²) in [6, 6.07) is 1.39. The maximum absolute atomic E-state index is 11.8. The summed E-state index contributed by atoms with van der Waals surface area (Å²) in [6.45, 7) is 3.86. The van der Waals surface area contributed by atoms with E-state index in [1.165, 1.54) is 0 Å². The first-order valence-corrected chi connectivity index (χ1v) is 5.86. The number of anilines is 2. The van der Waals surface area contributed by atoms with E-state index in [-0.39, 0.29) is 18.4 Å². The van der Waals surface area contributed by atoms with Gasteiger partial charge in [0.2, 0.25) is 11.8 Å². The third-order valence-electron chi connectivity index (χ3n) is 3.10. The highest BCUT2D eigenvalue weighted by atomic mass is 16.2. The van der Waals surface area contributed by atoms with Crippen LogP contribution in [0.2, 0.25) is 0 Å². The van der Waals surface area contributed by atoms with Gasteiger partial charge in [0.05, 0.1) is 12.2 Å². The summed E-state index contributed by atoms with van der Waals surface area (Å²) in [5.74, 6) is -0.117.